The minimum absolute atomic E-state index is 0.164. The summed E-state index contributed by atoms with van der Waals surface area (Å²) in [6, 6.07) is 13.0. The second-order valence-electron chi connectivity index (χ2n) is 4.26. The van der Waals surface area contributed by atoms with Gasteiger partial charge in [-0.3, -0.25) is 4.79 Å². The predicted molar refractivity (Wildman–Crippen MR) is 80.2 cm³/mol. The molecule has 99 valence electrons. The highest BCUT2D eigenvalue weighted by Crippen LogP contribution is 2.12. The van der Waals surface area contributed by atoms with E-state index in [1.807, 2.05) is 47.1 Å². The first kappa shape index (κ1) is 12.9. The molecule has 1 radical (unpaired) electrons. The van der Waals surface area contributed by atoms with Gasteiger partial charge in [0.15, 0.2) is 0 Å². The van der Waals surface area contributed by atoms with E-state index in [2.05, 4.69) is 26.2 Å². The molecule has 5 heteroatoms. The van der Waals surface area contributed by atoms with Crippen molar-refractivity contribution in [1.29, 1.82) is 0 Å². The zero-order valence-electron chi connectivity index (χ0n) is 10.5. The molecular weight excluding hydrogens is 318 g/mol. The summed E-state index contributed by atoms with van der Waals surface area (Å²) in [7, 11) is 0. The van der Waals surface area contributed by atoms with E-state index in [0.29, 0.717) is 11.3 Å². The highest BCUT2D eigenvalue weighted by atomic mass is 79.9. The van der Waals surface area contributed by atoms with Gasteiger partial charge in [-0.15, -0.1) is 0 Å². The van der Waals surface area contributed by atoms with Gasteiger partial charge in [-0.2, -0.15) is 0 Å². The average Bonchev–Trinajstić information content (AvgIpc) is 2.87. The van der Waals surface area contributed by atoms with Crippen molar-refractivity contribution in [2.45, 2.75) is 0 Å². The Hall–Kier alpha value is -2.14. The Morgan fingerprint density at radius 2 is 2.15 bits per heavy atom. The molecule has 0 saturated carbocycles. The molecule has 2 heterocycles. The second kappa shape index (κ2) is 5.46. The van der Waals surface area contributed by atoms with E-state index in [4.69, 9.17) is 0 Å². The Labute approximate surface area is 124 Å². The number of halogens is 1. The fourth-order valence-corrected chi connectivity index (χ4v) is 2.28. The second-order valence-corrected chi connectivity index (χ2v) is 5.18. The summed E-state index contributed by atoms with van der Waals surface area (Å²) >= 11 is 3.34. The maximum absolute atomic E-state index is 12.0. The minimum atomic E-state index is -0.164. The van der Waals surface area contributed by atoms with Crippen molar-refractivity contribution < 1.29 is 4.79 Å². The van der Waals surface area contributed by atoms with Crippen molar-refractivity contribution in [3.63, 3.8) is 0 Å². The number of hydrogen-bond acceptors (Lipinski definition) is 2. The molecule has 0 bridgehead atoms. The van der Waals surface area contributed by atoms with Crippen LogP contribution in [0.5, 0.6) is 0 Å². The normalized spacial score (nSPS) is 10.7. The van der Waals surface area contributed by atoms with Crippen LogP contribution in [0.1, 0.15) is 16.1 Å². The van der Waals surface area contributed by atoms with Gasteiger partial charge in [0.1, 0.15) is 5.65 Å². The van der Waals surface area contributed by atoms with Crippen molar-refractivity contribution in [1.82, 2.24) is 14.7 Å². The Morgan fingerprint density at radius 3 is 2.95 bits per heavy atom. The summed E-state index contributed by atoms with van der Waals surface area (Å²) in [5.41, 5.74) is 2.15. The number of carbonyl (C=O) groups is 1. The largest absolute Gasteiger partial charge is 0.341 e. The maximum Gasteiger partial charge on any atom is 0.251 e. The molecule has 0 unspecified atom stereocenters. The molecule has 0 fully saturated rings. The number of benzene rings is 1. The molecule has 0 aliphatic carbocycles. The third kappa shape index (κ3) is 2.72. The van der Waals surface area contributed by atoms with E-state index in [-0.39, 0.29) is 5.91 Å². The predicted octanol–water partition coefficient (Wildman–Crippen LogP) is 3.04. The van der Waals surface area contributed by atoms with Gasteiger partial charge < -0.3 is 9.72 Å². The molecule has 0 saturated heterocycles. The van der Waals surface area contributed by atoms with Crippen molar-refractivity contribution in [3.05, 3.63) is 77.1 Å². The van der Waals surface area contributed by atoms with Crippen LogP contribution in [0, 0.1) is 6.54 Å². The fourth-order valence-electron chi connectivity index (χ4n) is 1.88. The molecule has 0 aliphatic heterocycles. The summed E-state index contributed by atoms with van der Waals surface area (Å²) < 4.78 is 2.77. The first-order chi connectivity index (χ1) is 9.72. The van der Waals surface area contributed by atoms with Crippen LogP contribution in [0.4, 0.5) is 0 Å². The maximum atomic E-state index is 12.0. The van der Waals surface area contributed by atoms with E-state index in [9.17, 15) is 4.79 Å². The smallest absolute Gasteiger partial charge is 0.251 e. The van der Waals surface area contributed by atoms with Gasteiger partial charge in [-0.05, 0) is 30.3 Å². The van der Waals surface area contributed by atoms with E-state index in [0.717, 1.165) is 10.1 Å². The summed E-state index contributed by atoms with van der Waals surface area (Å²) in [4.78, 5) is 16.4. The molecule has 1 aromatic carbocycles. The van der Waals surface area contributed by atoms with Gasteiger partial charge in [0.2, 0.25) is 0 Å². The van der Waals surface area contributed by atoms with Crippen LogP contribution in [0.2, 0.25) is 0 Å². The van der Waals surface area contributed by atoms with E-state index in [1.54, 1.807) is 18.7 Å². The first-order valence-corrected chi connectivity index (χ1v) is 6.85. The Kier molecular flexibility index (Phi) is 3.52. The van der Waals surface area contributed by atoms with Gasteiger partial charge in [0, 0.05) is 22.4 Å². The van der Waals surface area contributed by atoms with Crippen LogP contribution in [0.15, 0.2) is 59.3 Å². The van der Waals surface area contributed by atoms with Gasteiger partial charge >= 0.3 is 0 Å². The molecule has 20 heavy (non-hydrogen) atoms. The minimum Gasteiger partial charge on any atom is -0.341 e. The SMILES string of the molecule is O=C(N[CH]c1cn2ccccc2n1)c1cccc(Br)c1. The van der Waals surface area contributed by atoms with Gasteiger partial charge in [-0.25, -0.2) is 4.98 Å². The quantitative estimate of drug-likeness (QED) is 0.803. The van der Waals surface area contributed by atoms with Gasteiger partial charge in [0.25, 0.3) is 5.91 Å². The number of imidazole rings is 1. The van der Waals surface area contributed by atoms with Crippen LogP contribution in [0.25, 0.3) is 5.65 Å². The number of amides is 1. The van der Waals surface area contributed by atoms with Crippen molar-refractivity contribution >= 4 is 27.5 Å². The number of aromatic nitrogens is 2. The van der Waals surface area contributed by atoms with Crippen molar-refractivity contribution in [2.75, 3.05) is 0 Å². The molecular formula is C15H11BrN3O. The number of pyridine rings is 1. The lowest BCUT2D eigenvalue weighted by Gasteiger charge is -2.02. The number of nitrogens with one attached hydrogen (secondary N) is 1. The van der Waals surface area contributed by atoms with Crippen LogP contribution in [-0.2, 0) is 0 Å². The summed E-state index contributed by atoms with van der Waals surface area (Å²) in [6.07, 6.45) is 3.77. The number of fused-ring (bicyclic) bond motifs is 1. The molecule has 1 N–H and O–H groups in total. The van der Waals surface area contributed by atoms with E-state index in [1.165, 1.54) is 0 Å². The Balaban J connectivity index is 1.71. The molecule has 0 atom stereocenters. The number of nitrogens with zero attached hydrogens (tertiary/aromatic N) is 2. The molecule has 3 aromatic rings. The highest BCUT2D eigenvalue weighted by molar-refractivity contribution is 9.10. The molecule has 0 aliphatic rings. The Morgan fingerprint density at radius 1 is 1.25 bits per heavy atom. The summed E-state index contributed by atoms with van der Waals surface area (Å²) in [5, 5.41) is 2.74. The standard InChI is InChI=1S/C15H11BrN3O/c16-12-5-3-4-11(8-12)15(20)17-9-13-10-19-7-2-1-6-14(19)18-13/h1-10H,(H,17,20). The number of carbonyl (C=O) groups excluding carboxylic acids is 1. The molecule has 2 aromatic heterocycles. The lowest BCUT2D eigenvalue weighted by atomic mass is 10.2. The van der Waals surface area contributed by atoms with Gasteiger partial charge in [-0.1, -0.05) is 28.1 Å². The molecule has 0 spiro atoms. The molecule has 1 amide bonds. The van der Waals surface area contributed by atoms with E-state index < -0.39 is 0 Å². The molecule has 4 nitrogen and oxygen atoms in total. The third-order valence-corrected chi connectivity index (χ3v) is 3.31. The van der Waals surface area contributed by atoms with Crippen molar-refractivity contribution in [2.24, 2.45) is 0 Å². The van der Waals surface area contributed by atoms with Crippen LogP contribution in [-0.4, -0.2) is 15.3 Å². The zero-order chi connectivity index (χ0) is 13.9. The zero-order valence-corrected chi connectivity index (χ0v) is 12.0. The van der Waals surface area contributed by atoms with Crippen LogP contribution >= 0.6 is 15.9 Å². The Bertz CT molecular complexity index is 733. The van der Waals surface area contributed by atoms with Crippen LogP contribution in [0.3, 0.4) is 0 Å². The van der Waals surface area contributed by atoms with Gasteiger partial charge in [0.05, 0.1) is 12.2 Å². The first-order valence-electron chi connectivity index (χ1n) is 6.06. The van der Waals surface area contributed by atoms with E-state index >= 15 is 0 Å². The average molecular weight is 329 g/mol. The fraction of sp³-hybridized carbons (Fsp3) is 0. The monoisotopic (exact) mass is 328 g/mol. The van der Waals surface area contributed by atoms with Crippen molar-refractivity contribution in [3.8, 4) is 0 Å². The lowest BCUT2D eigenvalue weighted by molar-refractivity contribution is 0.0965. The topological polar surface area (TPSA) is 46.4 Å². The summed E-state index contributed by atoms with van der Waals surface area (Å²) in [6.45, 7) is 1.61. The molecule has 3 rings (SSSR count). The number of hydrogen-bond donors (Lipinski definition) is 1. The number of rotatable bonds is 3. The highest BCUT2D eigenvalue weighted by Gasteiger charge is 2.07. The third-order valence-electron chi connectivity index (χ3n) is 2.82. The summed E-state index contributed by atoms with van der Waals surface area (Å²) in [5.74, 6) is -0.164. The lowest BCUT2D eigenvalue weighted by Crippen LogP contribution is -2.21. The van der Waals surface area contributed by atoms with Crippen LogP contribution < -0.4 is 5.32 Å².